The molecule has 4 nitrogen and oxygen atoms in total. The monoisotopic (exact) mass is 306 g/mol. The van der Waals surface area contributed by atoms with Crippen molar-refractivity contribution in [2.24, 2.45) is 5.14 Å². The van der Waals surface area contributed by atoms with E-state index in [-0.39, 0.29) is 5.75 Å². The van der Waals surface area contributed by atoms with E-state index in [1.807, 2.05) is 24.3 Å². The van der Waals surface area contributed by atoms with Gasteiger partial charge in [0.05, 0.1) is 5.75 Å². The molecule has 0 aliphatic heterocycles. The minimum absolute atomic E-state index is 0.0263. The minimum atomic E-state index is -3.32. The second-order valence-electron chi connectivity index (χ2n) is 3.53. The Morgan fingerprint density at radius 3 is 2.75 bits per heavy atom. The number of rotatable bonds is 6. The summed E-state index contributed by atoms with van der Waals surface area (Å²) in [5.74, 6) is 0.0263. The maximum atomic E-state index is 10.7. The Kier molecular flexibility index (Phi) is 5.40. The van der Waals surface area contributed by atoms with Crippen molar-refractivity contribution >= 4 is 26.0 Å². The highest BCUT2D eigenvalue weighted by Crippen LogP contribution is 2.11. The molecule has 0 fully saturated rings. The predicted molar refractivity (Wildman–Crippen MR) is 68.4 cm³/mol. The summed E-state index contributed by atoms with van der Waals surface area (Å²) in [5.41, 5.74) is 1.16. The van der Waals surface area contributed by atoms with Crippen molar-refractivity contribution in [3.63, 3.8) is 0 Å². The Balaban J connectivity index is 2.21. The molecule has 0 aliphatic rings. The van der Waals surface area contributed by atoms with E-state index in [9.17, 15) is 8.42 Å². The lowest BCUT2D eigenvalue weighted by atomic mass is 10.2. The van der Waals surface area contributed by atoms with E-state index in [2.05, 4.69) is 21.2 Å². The molecule has 0 aliphatic carbocycles. The molecule has 0 saturated heterocycles. The molecule has 0 heterocycles. The second kappa shape index (κ2) is 6.34. The Morgan fingerprint density at radius 1 is 1.38 bits per heavy atom. The van der Waals surface area contributed by atoms with E-state index in [1.165, 1.54) is 0 Å². The zero-order chi connectivity index (χ0) is 12.0. The number of hydrogen-bond donors (Lipinski definition) is 2. The van der Waals surface area contributed by atoms with Gasteiger partial charge in [-0.3, -0.25) is 0 Å². The third kappa shape index (κ3) is 6.22. The fourth-order valence-electron chi connectivity index (χ4n) is 1.28. The maximum Gasteiger partial charge on any atom is 0.209 e. The molecule has 6 heteroatoms. The standard InChI is InChI=1S/C10H15BrN2O2S/c11-10-4-1-3-9(7-10)8-13-5-2-6-16(12,14)15/h1,3-4,7,13H,2,5-6,8H2,(H2,12,14,15). The van der Waals surface area contributed by atoms with Crippen LogP contribution in [0.15, 0.2) is 28.7 Å². The van der Waals surface area contributed by atoms with Gasteiger partial charge in [-0.1, -0.05) is 28.1 Å². The molecule has 1 aromatic carbocycles. The molecule has 0 radical (unpaired) electrons. The zero-order valence-electron chi connectivity index (χ0n) is 8.82. The van der Waals surface area contributed by atoms with E-state index in [4.69, 9.17) is 5.14 Å². The van der Waals surface area contributed by atoms with Crippen LogP contribution in [0.4, 0.5) is 0 Å². The minimum Gasteiger partial charge on any atom is -0.313 e. The van der Waals surface area contributed by atoms with Gasteiger partial charge in [0.15, 0.2) is 0 Å². The second-order valence-corrected chi connectivity index (χ2v) is 6.18. The van der Waals surface area contributed by atoms with Gasteiger partial charge >= 0.3 is 0 Å². The largest absolute Gasteiger partial charge is 0.313 e. The van der Waals surface area contributed by atoms with Crippen molar-refractivity contribution in [3.05, 3.63) is 34.3 Å². The summed E-state index contributed by atoms with van der Waals surface area (Å²) in [4.78, 5) is 0. The van der Waals surface area contributed by atoms with Gasteiger partial charge < -0.3 is 5.32 Å². The molecular formula is C10H15BrN2O2S. The van der Waals surface area contributed by atoms with Crippen LogP contribution in [0, 0.1) is 0 Å². The topological polar surface area (TPSA) is 72.2 Å². The van der Waals surface area contributed by atoms with Crippen LogP contribution in [0.2, 0.25) is 0 Å². The Bertz CT molecular complexity index is 434. The average molecular weight is 307 g/mol. The molecule has 0 aromatic heterocycles. The Hall–Kier alpha value is -0.430. The molecule has 0 bridgehead atoms. The first-order chi connectivity index (χ1) is 7.47. The molecule has 1 rings (SSSR count). The molecule has 90 valence electrons. The number of nitrogens with one attached hydrogen (secondary N) is 1. The summed E-state index contributed by atoms with van der Waals surface area (Å²) in [7, 11) is -3.32. The summed E-state index contributed by atoms with van der Waals surface area (Å²) in [6.07, 6.45) is 0.535. The van der Waals surface area contributed by atoms with Crippen molar-refractivity contribution in [1.29, 1.82) is 0 Å². The summed E-state index contributed by atoms with van der Waals surface area (Å²) < 4.78 is 22.3. The molecule has 0 unspecified atom stereocenters. The first-order valence-electron chi connectivity index (χ1n) is 4.93. The number of nitrogens with two attached hydrogens (primary N) is 1. The SMILES string of the molecule is NS(=O)(=O)CCCNCc1cccc(Br)c1. The highest BCUT2D eigenvalue weighted by atomic mass is 79.9. The van der Waals surface area contributed by atoms with Crippen LogP contribution in [-0.4, -0.2) is 20.7 Å². The van der Waals surface area contributed by atoms with Crippen LogP contribution in [0.5, 0.6) is 0 Å². The van der Waals surface area contributed by atoms with Crippen molar-refractivity contribution in [1.82, 2.24) is 5.32 Å². The summed E-state index contributed by atoms with van der Waals surface area (Å²) in [6.45, 7) is 1.37. The number of primary sulfonamides is 1. The number of benzene rings is 1. The first-order valence-corrected chi connectivity index (χ1v) is 7.44. The number of halogens is 1. The number of hydrogen-bond acceptors (Lipinski definition) is 3. The third-order valence-corrected chi connectivity index (χ3v) is 3.35. The van der Waals surface area contributed by atoms with Gasteiger partial charge in [-0.15, -0.1) is 0 Å². The third-order valence-electron chi connectivity index (χ3n) is 2.00. The lowest BCUT2D eigenvalue weighted by Crippen LogP contribution is -2.22. The van der Waals surface area contributed by atoms with E-state index < -0.39 is 10.0 Å². The van der Waals surface area contributed by atoms with Gasteiger partial charge in [0, 0.05) is 11.0 Å². The van der Waals surface area contributed by atoms with Gasteiger partial charge in [0.2, 0.25) is 10.0 Å². The Morgan fingerprint density at radius 2 is 2.12 bits per heavy atom. The van der Waals surface area contributed by atoms with E-state index in [0.717, 1.165) is 16.6 Å². The lowest BCUT2D eigenvalue weighted by Gasteiger charge is -2.04. The molecule has 0 amide bonds. The van der Waals surface area contributed by atoms with Crippen LogP contribution in [0.3, 0.4) is 0 Å². The van der Waals surface area contributed by atoms with Crippen LogP contribution >= 0.6 is 15.9 Å². The van der Waals surface area contributed by atoms with Gasteiger partial charge in [-0.05, 0) is 30.7 Å². The summed E-state index contributed by atoms with van der Waals surface area (Å²) in [6, 6.07) is 7.96. The molecule has 0 saturated carbocycles. The van der Waals surface area contributed by atoms with Gasteiger partial charge in [0.25, 0.3) is 0 Å². The molecule has 1 aromatic rings. The summed E-state index contributed by atoms with van der Waals surface area (Å²) in [5, 5.41) is 8.05. The van der Waals surface area contributed by atoms with Gasteiger partial charge in [0.1, 0.15) is 0 Å². The zero-order valence-corrected chi connectivity index (χ0v) is 11.2. The lowest BCUT2D eigenvalue weighted by molar-refractivity contribution is 0.590. The first kappa shape index (κ1) is 13.6. The maximum absolute atomic E-state index is 10.7. The molecule has 16 heavy (non-hydrogen) atoms. The highest BCUT2D eigenvalue weighted by molar-refractivity contribution is 9.10. The van der Waals surface area contributed by atoms with Crippen LogP contribution in [0.1, 0.15) is 12.0 Å². The van der Waals surface area contributed by atoms with Crippen LogP contribution in [0.25, 0.3) is 0 Å². The van der Waals surface area contributed by atoms with E-state index >= 15 is 0 Å². The quantitative estimate of drug-likeness (QED) is 0.776. The molecule has 3 N–H and O–H groups in total. The van der Waals surface area contributed by atoms with Crippen molar-refractivity contribution in [3.8, 4) is 0 Å². The van der Waals surface area contributed by atoms with E-state index in [1.54, 1.807) is 0 Å². The highest BCUT2D eigenvalue weighted by Gasteiger charge is 2.01. The summed E-state index contributed by atoms with van der Waals surface area (Å²) >= 11 is 3.39. The van der Waals surface area contributed by atoms with Crippen molar-refractivity contribution in [2.75, 3.05) is 12.3 Å². The van der Waals surface area contributed by atoms with Crippen LogP contribution in [-0.2, 0) is 16.6 Å². The smallest absolute Gasteiger partial charge is 0.209 e. The normalized spacial score (nSPS) is 11.6. The fourth-order valence-corrected chi connectivity index (χ4v) is 2.27. The molecule has 0 atom stereocenters. The van der Waals surface area contributed by atoms with E-state index in [0.29, 0.717) is 13.0 Å². The van der Waals surface area contributed by atoms with Crippen molar-refractivity contribution < 1.29 is 8.42 Å². The predicted octanol–water partition coefficient (Wildman–Crippen LogP) is 1.22. The number of sulfonamides is 1. The fraction of sp³-hybridized carbons (Fsp3) is 0.400. The molecule has 0 spiro atoms. The van der Waals surface area contributed by atoms with Gasteiger partial charge in [-0.25, -0.2) is 13.6 Å². The van der Waals surface area contributed by atoms with Gasteiger partial charge in [-0.2, -0.15) is 0 Å². The molecular weight excluding hydrogens is 292 g/mol. The van der Waals surface area contributed by atoms with Crippen molar-refractivity contribution in [2.45, 2.75) is 13.0 Å². The Labute approximate surface area is 104 Å². The average Bonchev–Trinajstić information content (AvgIpc) is 2.15. The van der Waals surface area contributed by atoms with Crippen LogP contribution < -0.4 is 10.5 Å².